The third kappa shape index (κ3) is 8.33. The number of benzene rings is 3. The number of ether oxygens (including phenoxy) is 3. The van der Waals surface area contributed by atoms with Crippen LogP contribution in [0.2, 0.25) is 18.1 Å². The van der Waals surface area contributed by atoms with E-state index < -0.39 is 62.6 Å². The van der Waals surface area contributed by atoms with Crippen molar-refractivity contribution in [3.05, 3.63) is 107 Å². The fraction of sp³-hybridized carbons (Fsp3) is 0.366. The van der Waals surface area contributed by atoms with Crippen molar-refractivity contribution in [2.75, 3.05) is 25.1 Å². The van der Waals surface area contributed by atoms with Gasteiger partial charge < -0.3 is 29.1 Å². The third-order valence-electron chi connectivity index (χ3n) is 11.0. The second-order valence-corrected chi connectivity index (χ2v) is 20.5. The van der Waals surface area contributed by atoms with Crippen molar-refractivity contribution in [2.45, 2.75) is 69.7 Å². The molecule has 0 radical (unpaired) electrons. The molecule has 7 rings (SSSR count). The Morgan fingerprint density at radius 2 is 1.61 bits per heavy atom. The Kier molecular flexibility index (Phi) is 11.0. The van der Waals surface area contributed by atoms with Crippen LogP contribution >= 0.6 is 0 Å². The molecule has 2 aromatic heterocycles. The van der Waals surface area contributed by atoms with Crippen LogP contribution < -0.4 is 20.9 Å². The maximum Gasteiger partial charge on any atom is 0.407 e. The summed E-state index contributed by atoms with van der Waals surface area (Å²) in [6, 6.07) is 24.9. The summed E-state index contributed by atoms with van der Waals surface area (Å²) >= 11 is 0. The fourth-order valence-electron chi connectivity index (χ4n) is 7.14. The van der Waals surface area contributed by atoms with E-state index in [0.717, 1.165) is 22.3 Å². The number of nitrogens with one attached hydrogen (secondary N) is 3. The molecule has 0 bridgehead atoms. The highest BCUT2D eigenvalue weighted by atomic mass is 28.4. The maximum atomic E-state index is 13.4. The average Bonchev–Trinajstić information content (AvgIpc) is 3.83. The third-order valence-corrected chi connectivity index (χ3v) is 15.5. The maximum absolute atomic E-state index is 13.4. The number of rotatable bonds is 13. The summed E-state index contributed by atoms with van der Waals surface area (Å²) in [6.07, 6.45) is -2.44. The lowest BCUT2D eigenvalue weighted by Crippen LogP contribution is -2.49. The molecule has 2 aliphatic rings. The standard InChI is InChI=1S/C41H46N6O9Si/c1-41(2,3)57(4,5)56-35-29(20-42-40(52)54-21-30-27-17-11-9-15-25(27)26-16-10-12-18-28(26)30)31(19-33(49)50)55-38(35)47-23-43-34-36(47)45-39(46-37(34)51)44-32(48)22-53-24-13-7-6-8-14-24/h6-18,23,29-31,35,38H,19-22H2,1-5H3,(H,42,52)(H,49,50)(H2,44,45,46,48,51)/t29-,31-,35-,38-/m1/s1. The van der Waals surface area contributed by atoms with Gasteiger partial charge in [-0.15, -0.1) is 0 Å². The highest BCUT2D eigenvalue weighted by Crippen LogP contribution is 2.46. The van der Waals surface area contributed by atoms with Gasteiger partial charge in [0.2, 0.25) is 5.95 Å². The van der Waals surface area contributed by atoms with E-state index in [1.165, 1.54) is 10.9 Å². The van der Waals surface area contributed by atoms with Crippen LogP contribution in [0.25, 0.3) is 22.3 Å². The molecule has 4 atom stereocenters. The SMILES string of the molecule is CC(C)(C)[Si](C)(C)O[C@@H]1[C@H](CNC(=O)OCC2c3ccccc3-c3ccccc32)[C@@H](CC(=O)O)O[C@H]1n1cnc2c(=O)[nH]c(NC(=O)COc3ccccc3)nc21. The molecular weight excluding hydrogens is 749 g/mol. The first-order valence-electron chi connectivity index (χ1n) is 18.8. The first kappa shape index (κ1) is 39.4. The Bertz CT molecular complexity index is 2300. The van der Waals surface area contributed by atoms with Crippen molar-refractivity contribution in [2.24, 2.45) is 5.92 Å². The monoisotopic (exact) mass is 794 g/mol. The molecule has 3 aromatic carbocycles. The van der Waals surface area contributed by atoms with Gasteiger partial charge >= 0.3 is 12.1 Å². The number of amides is 2. The molecule has 2 amide bonds. The van der Waals surface area contributed by atoms with Crippen LogP contribution in [0.4, 0.5) is 10.7 Å². The van der Waals surface area contributed by atoms with E-state index in [4.69, 9.17) is 18.6 Å². The number of para-hydroxylation sites is 1. The molecule has 57 heavy (non-hydrogen) atoms. The Balaban J connectivity index is 1.13. The van der Waals surface area contributed by atoms with E-state index in [1.54, 1.807) is 24.3 Å². The fourth-order valence-corrected chi connectivity index (χ4v) is 8.47. The average molecular weight is 795 g/mol. The molecule has 298 valence electrons. The van der Waals surface area contributed by atoms with E-state index >= 15 is 0 Å². The topological polar surface area (TPSA) is 196 Å². The van der Waals surface area contributed by atoms with Crippen LogP contribution in [0.15, 0.2) is 90.0 Å². The number of fused-ring (bicyclic) bond motifs is 4. The largest absolute Gasteiger partial charge is 0.484 e. The number of carbonyl (C=O) groups is 3. The van der Waals surface area contributed by atoms with Gasteiger partial charge in [-0.2, -0.15) is 4.98 Å². The van der Waals surface area contributed by atoms with Crippen molar-refractivity contribution in [3.8, 4) is 16.9 Å². The lowest BCUT2D eigenvalue weighted by Gasteiger charge is -2.41. The van der Waals surface area contributed by atoms with Crippen molar-refractivity contribution in [3.63, 3.8) is 0 Å². The minimum atomic E-state index is -2.60. The smallest absolute Gasteiger partial charge is 0.407 e. The van der Waals surface area contributed by atoms with Crippen LogP contribution in [0, 0.1) is 5.92 Å². The quantitative estimate of drug-likeness (QED) is 0.101. The van der Waals surface area contributed by atoms with Gasteiger partial charge in [-0.25, -0.2) is 9.78 Å². The van der Waals surface area contributed by atoms with Gasteiger partial charge in [-0.05, 0) is 52.5 Å². The molecule has 0 spiro atoms. The van der Waals surface area contributed by atoms with Gasteiger partial charge in [-0.1, -0.05) is 87.5 Å². The zero-order chi connectivity index (χ0) is 40.5. The molecule has 5 aromatic rings. The van der Waals surface area contributed by atoms with Crippen LogP contribution in [0.1, 0.15) is 50.5 Å². The summed E-state index contributed by atoms with van der Waals surface area (Å²) in [5.41, 5.74) is 3.79. The number of carboxylic acids is 1. The molecular formula is C41H46N6O9Si. The number of H-pyrrole nitrogens is 1. The number of nitrogens with zero attached hydrogens (tertiary/aromatic N) is 3. The van der Waals surface area contributed by atoms with Crippen molar-refractivity contribution in [1.82, 2.24) is 24.8 Å². The normalized spacial score (nSPS) is 19.2. The van der Waals surface area contributed by atoms with Crippen LogP contribution in [0.3, 0.4) is 0 Å². The molecule has 1 saturated heterocycles. The highest BCUT2D eigenvalue weighted by Gasteiger charge is 2.51. The lowest BCUT2D eigenvalue weighted by molar-refractivity contribution is -0.141. The number of anilines is 1. The van der Waals surface area contributed by atoms with Gasteiger partial charge in [0.05, 0.1) is 25.0 Å². The minimum Gasteiger partial charge on any atom is -0.484 e. The molecule has 0 unspecified atom stereocenters. The van der Waals surface area contributed by atoms with Gasteiger partial charge in [0.25, 0.3) is 11.5 Å². The number of hydrogen-bond donors (Lipinski definition) is 4. The Hall–Kier alpha value is -5.84. The highest BCUT2D eigenvalue weighted by molar-refractivity contribution is 6.74. The number of aromatic nitrogens is 4. The first-order valence-corrected chi connectivity index (χ1v) is 21.7. The van der Waals surface area contributed by atoms with Crippen molar-refractivity contribution in [1.29, 1.82) is 0 Å². The van der Waals surface area contributed by atoms with Crippen LogP contribution in [-0.4, -0.2) is 82.9 Å². The number of carboxylic acid groups (broad SMARTS) is 1. The number of carbonyl (C=O) groups excluding carboxylic acids is 2. The van der Waals surface area contributed by atoms with E-state index in [2.05, 4.69) is 71.6 Å². The van der Waals surface area contributed by atoms with Gasteiger partial charge in [-0.3, -0.25) is 29.3 Å². The number of alkyl carbamates (subject to hydrolysis) is 1. The number of aromatic amines is 1. The zero-order valence-electron chi connectivity index (χ0n) is 32.4. The van der Waals surface area contributed by atoms with Crippen molar-refractivity contribution < 1.29 is 38.1 Å². The zero-order valence-corrected chi connectivity index (χ0v) is 33.4. The Labute approximate surface area is 329 Å². The summed E-state index contributed by atoms with van der Waals surface area (Å²) in [5.74, 6) is -2.14. The number of hydrogen-bond acceptors (Lipinski definition) is 10. The summed E-state index contributed by atoms with van der Waals surface area (Å²) < 4.78 is 26.4. The molecule has 1 fully saturated rings. The molecule has 16 heteroatoms. The molecule has 15 nitrogen and oxygen atoms in total. The van der Waals surface area contributed by atoms with E-state index in [1.807, 2.05) is 42.5 Å². The lowest BCUT2D eigenvalue weighted by atomic mass is 9.95. The Morgan fingerprint density at radius 1 is 0.965 bits per heavy atom. The number of aliphatic carboxylic acids is 1. The predicted molar refractivity (Wildman–Crippen MR) is 214 cm³/mol. The molecule has 1 aliphatic carbocycles. The van der Waals surface area contributed by atoms with Crippen LogP contribution in [0.5, 0.6) is 5.75 Å². The predicted octanol–water partition coefficient (Wildman–Crippen LogP) is 6.05. The van der Waals surface area contributed by atoms with E-state index in [0.29, 0.717) is 5.75 Å². The van der Waals surface area contributed by atoms with Crippen molar-refractivity contribution >= 4 is 43.4 Å². The summed E-state index contributed by atoms with van der Waals surface area (Å²) in [6.45, 7) is 10.1. The van der Waals surface area contributed by atoms with Gasteiger partial charge in [0.15, 0.2) is 32.3 Å². The van der Waals surface area contributed by atoms with E-state index in [9.17, 15) is 24.3 Å². The minimum absolute atomic E-state index is 0.0294. The van der Waals surface area contributed by atoms with Crippen LogP contribution in [-0.2, 0) is 23.5 Å². The van der Waals surface area contributed by atoms with Gasteiger partial charge in [0.1, 0.15) is 12.4 Å². The molecule has 1 aliphatic heterocycles. The number of imidazole rings is 1. The second-order valence-electron chi connectivity index (χ2n) is 15.8. The molecule has 0 saturated carbocycles. The first-order chi connectivity index (χ1) is 27.2. The second kappa shape index (κ2) is 16.0. The Morgan fingerprint density at radius 3 is 2.26 bits per heavy atom. The summed E-state index contributed by atoms with van der Waals surface area (Å²) in [5, 5.41) is 15.2. The molecule has 4 N–H and O–H groups in total. The molecule has 3 heterocycles. The summed E-state index contributed by atoms with van der Waals surface area (Å²) in [7, 11) is -2.60. The van der Waals surface area contributed by atoms with E-state index in [-0.39, 0.29) is 47.8 Å². The van der Waals surface area contributed by atoms with Gasteiger partial charge in [0, 0.05) is 18.4 Å². The summed E-state index contributed by atoms with van der Waals surface area (Å²) in [4.78, 5) is 63.0.